The van der Waals surface area contributed by atoms with Gasteiger partial charge in [0.1, 0.15) is 12.1 Å². The highest BCUT2D eigenvalue weighted by molar-refractivity contribution is 5.91. The third-order valence-electron chi connectivity index (χ3n) is 9.72. The Kier molecular flexibility index (Phi) is 8.64. The predicted molar refractivity (Wildman–Crippen MR) is 149 cm³/mol. The molecule has 1 saturated carbocycles. The molecule has 0 spiro atoms. The van der Waals surface area contributed by atoms with Gasteiger partial charge in [-0.2, -0.15) is 0 Å². The summed E-state index contributed by atoms with van der Waals surface area (Å²) < 4.78 is 26.8. The Hall–Kier alpha value is -2.74. The zero-order valence-electron chi connectivity index (χ0n) is 23.8. The van der Waals surface area contributed by atoms with Gasteiger partial charge in [0.15, 0.2) is 5.69 Å². The number of oxazole rings is 1. The van der Waals surface area contributed by atoms with Gasteiger partial charge in [-0.05, 0) is 75.1 Å². The first-order valence-corrected chi connectivity index (χ1v) is 15.1. The van der Waals surface area contributed by atoms with E-state index in [1.54, 1.807) is 6.07 Å². The number of rotatable bonds is 12. The molecule has 8 heteroatoms. The molecule has 218 valence electrons. The maximum Gasteiger partial charge on any atom is 0.303 e. The van der Waals surface area contributed by atoms with E-state index in [4.69, 9.17) is 9.15 Å². The number of aromatic nitrogens is 1. The average molecular weight is 555 g/mol. The summed E-state index contributed by atoms with van der Waals surface area (Å²) in [4.78, 5) is 28.7. The van der Waals surface area contributed by atoms with Gasteiger partial charge in [-0.1, -0.05) is 51.0 Å². The molecule has 0 radical (unpaired) electrons. The molecule has 3 aliphatic rings. The van der Waals surface area contributed by atoms with Crippen molar-refractivity contribution in [3.05, 3.63) is 53.0 Å². The highest BCUT2D eigenvalue weighted by atomic mass is 19.1. The van der Waals surface area contributed by atoms with E-state index in [9.17, 15) is 19.1 Å². The highest BCUT2D eigenvalue weighted by Crippen LogP contribution is 2.61. The number of carboxylic acid groups (broad SMARTS) is 1. The summed E-state index contributed by atoms with van der Waals surface area (Å²) in [6.45, 7) is 4.77. The van der Waals surface area contributed by atoms with Crippen molar-refractivity contribution in [3.63, 3.8) is 0 Å². The van der Waals surface area contributed by atoms with Gasteiger partial charge in [-0.25, -0.2) is 9.37 Å². The molecule has 1 aromatic carbocycles. The smallest absolute Gasteiger partial charge is 0.303 e. The van der Waals surface area contributed by atoms with Crippen molar-refractivity contribution in [2.45, 2.75) is 114 Å². The molecule has 2 saturated heterocycles. The van der Waals surface area contributed by atoms with Crippen LogP contribution in [0.25, 0.3) is 0 Å². The van der Waals surface area contributed by atoms with Crippen molar-refractivity contribution in [2.75, 3.05) is 6.54 Å². The summed E-state index contributed by atoms with van der Waals surface area (Å²) in [6.07, 6.45) is 14.1. The molecule has 2 bridgehead atoms. The number of carbonyl (C=O) groups excluding carboxylic acids is 1. The summed E-state index contributed by atoms with van der Waals surface area (Å²) in [5.41, 5.74) is 0.923. The van der Waals surface area contributed by atoms with Gasteiger partial charge in [0, 0.05) is 18.9 Å². The van der Waals surface area contributed by atoms with Crippen LogP contribution in [-0.2, 0) is 22.4 Å². The monoisotopic (exact) mass is 554 g/mol. The highest BCUT2D eigenvalue weighted by Gasteiger charge is 2.64. The SMILES string of the molecule is C[C@]12CC[C@](C)(O1)[C@@H](c1nc(C(=O)NCCCCC3CCCCC3)co1)[C@H]2Cc1cc(F)ccc1CCC(=O)O. The summed E-state index contributed by atoms with van der Waals surface area (Å²) in [7, 11) is 0. The van der Waals surface area contributed by atoms with Crippen molar-refractivity contribution < 1.29 is 28.2 Å². The van der Waals surface area contributed by atoms with Gasteiger partial charge in [0.2, 0.25) is 5.89 Å². The van der Waals surface area contributed by atoms with E-state index in [0.717, 1.165) is 42.7 Å². The number of ether oxygens (including phenoxy) is 1. The molecule has 2 aliphatic heterocycles. The molecule has 0 unspecified atom stereocenters. The Bertz CT molecular complexity index is 1210. The Balaban J connectivity index is 1.25. The molecule has 3 heterocycles. The van der Waals surface area contributed by atoms with Crippen LogP contribution in [0, 0.1) is 17.7 Å². The second-order valence-corrected chi connectivity index (χ2v) is 12.6. The van der Waals surface area contributed by atoms with Crippen molar-refractivity contribution in [2.24, 2.45) is 11.8 Å². The number of hydrogen-bond donors (Lipinski definition) is 2. The van der Waals surface area contributed by atoms with E-state index < -0.39 is 17.2 Å². The molecular formula is C32H43FN2O5. The van der Waals surface area contributed by atoms with Crippen LogP contribution < -0.4 is 5.32 Å². The summed E-state index contributed by atoms with van der Waals surface area (Å²) in [5, 5.41) is 12.2. The van der Waals surface area contributed by atoms with Crippen LogP contribution in [-0.4, -0.2) is 39.7 Å². The summed E-state index contributed by atoms with van der Waals surface area (Å²) >= 11 is 0. The van der Waals surface area contributed by atoms with Gasteiger partial charge in [-0.15, -0.1) is 0 Å². The molecule has 5 rings (SSSR count). The molecule has 2 aromatic rings. The number of aliphatic carboxylic acids is 1. The first-order chi connectivity index (χ1) is 19.2. The fourth-order valence-electron chi connectivity index (χ4n) is 7.52. The predicted octanol–water partition coefficient (Wildman–Crippen LogP) is 6.60. The summed E-state index contributed by atoms with van der Waals surface area (Å²) in [5.74, 6) is -0.411. The summed E-state index contributed by atoms with van der Waals surface area (Å²) in [6, 6.07) is 4.57. The standard InChI is InChI=1S/C32H43FN2O5/c1-31-15-16-32(2,40-31)28(25(31)19-23-18-24(33)13-11-22(23)12-14-27(36)37)30-35-26(20-39-30)29(38)34-17-7-6-10-21-8-4-3-5-9-21/h11,13,18,20-21,25,28H,3-10,12,14-17,19H2,1-2H3,(H,34,38)(H,36,37)/t25-,28-,31-,32+/m1/s1. The van der Waals surface area contributed by atoms with Gasteiger partial charge in [-0.3, -0.25) is 9.59 Å². The number of fused-ring (bicyclic) bond motifs is 2. The fourth-order valence-corrected chi connectivity index (χ4v) is 7.52. The number of amides is 1. The number of nitrogens with zero attached hydrogens (tertiary/aromatic N) is 1. The molecule has 4 atom stereocenters. The minimum Gasteiger partial charge on any atom is -0.481 e. The Morgan fingerprint density at radius 2 is 1.88 bits per heavy atom. The maximum atomic E-state index is 14.3. The fraction of sp³-hybridized carbons (Fsp3) is 0.656. The van der Waals surface area contributed by atoms with Crippen LogP contribution in [0.15, 0.2) is 28.9 Å². The lowest BCUT2D eigenvalue weighted by Crippen LogP contribution is -2.38. The lowest BCUT2D eigenvalue weighted by molar-refractivity contribution is -0.136. The van der Waals surface area contributed by atoms with Crippen LogP contribution in [0.1, 0.15) is 118 Å². The molecule has 40 heavy (non-hydrogen) atoms. The number of hydrogen-bond acceptors (Lipinski definition) is 5. The first kappa shape index (κ1) is 28.8. The lowest BCUT2D eigenvalue weighted by Gasteiger charge is -2.35. The van der Waals surface area contributed by atoms with E-state index in [0.29, 0.717) is 25.3 Å². The molecule has 2 N–H and O–H groups in total. The lowest BCUT2D eigenvalue weighted by atomic mass is 9.65. The number of unbranched alkanes of at least 4 members (excludes halogenated alkanes) is 1. The normalized spacial score (nSPS) is 28.2. The Morgan fingerprint density at radius 3 is 2.65 bits per heavy atom. The number of carbonyl (C=O) groups is 2. The van der Waals surface area contributed by atoms with Gasteiger partial charge >= 0.3 is 5.97 Å². The zero-order chi connectivity index (χ0) is 28.3. The largest absolute Gasteiger partial charge is 0.481 e. The quantitative estimate of drug-likeness (QED) is 0.287. The number of aryl methyl sites for hydroxylation is 1. The molecule has 3 fully saturated rings. The van der Waals surface area contributed by atoms with Crippen LogP contribution in [0.4, 0.5) is 4.39 Å². The number of carboxylic acids is 1. The van der Waals surface area contributed by atoms with Crippen LogP contribution in [0.3, 0.4) is 0 Å². The molecule has 1 aromatic heterocycles. The van der Waals surface area contributed by atoms with E-state index in [-0.39, 0.29) is 35.7 Å². The van der Waals surface area contributed by atoms with Crippen molar-refractivity contribution in [1.29, 1.82) is 0 Å². The van der Waals surface area contributed by atoms with Gasteiger partial charge in [0.25, 0.3) is 5.91 Å². The third-order valence-corrected chi connectivity index (χ3v) is 9.72. The second-order valence-electron chi connectivity index (χ2n) is 12.6. The number of halogens is 1. The van der Waals surface area contributed by atoms with Crippen LogP contribution in [0.2, 0.25) is 0 Å². The Labute approximate surface area is 236 Å². The minimum atomic E-state index is -0.884. The van der Waals surface area contributed by atoms with Crippen LogP contribution in [0.5, 0.6) is 0 Å². The van der Waals surface area contributed by atoms with Crippen molar-refractivity contribution >= 4 is 11.9 Å². The third kappa shape index (κ3) is 6.27. The van der Waals surface area contributed by atoms with E-state index in [2.05, 4.69) is 24.1 Å². The topological polar surface area (TPSA) is 102 Å². The van der Waals surface area contributed by atoms with Crippen molar-refractivity contribution in [1.82, 2.24) is 10.3 Å². The molecule has 1 aliphatic carbocycles. The van der Waals surface area contributed by atoms with E-state index >= 15 is 0 Å². The van der Waals surface area contributed by atoms with Crippen molar-refractivity contribution in [3.8, 4) is 0 Å². The average Bonchev–Trinajstić information content (AvgIpc) is 3.58. The van der Waals surface area contributed by atoms with Gasteiger partial charge in [0.05, 0.1) is 17.1 Å². The van der Waals surface area contributed by atoms with Crippen LogP contribution >= 0.6 is 0 Å². The Morgan fingerprint density at radius 1 is 1.10 bits per heavy atom. The second kappa shape index (κ2) is 12.0. The van der Waals surface area contributed by atoms with E-state index in [1.807, 2.05) is 0 Å². The number of nitrogens with one attached hydrogen (secondary N) is 1. The number of benzene rings is 1. The molecule has 1 amide bonds. The van der Waals surface area contributed by atoms with E-state index in [1.165, 1.54) is 56.9 Å². The van der Waals surface area contributed by atoms with Gasteiger partial charge < -0.3 is 19.6 Å². The molecule has 7 nitrogen and oxygen atoms in total. The minimum absolute atomic E-state index is 0.0169. The molecular weight excluding hydrogens is 511 g/mol. The zero-order valence-corrected chi connectivity index (χ0v) is 23.8. The maximum absolute atomic E-state index is 14.3. The first-order valence-electron chi connectivity index (χ1n) is 15.1.